The van der Waals surface area contributed by atoms with Crippen LogP contribution in [0.1, 0.15) is 42.3 Å². The molecular weight excluding hydrogens is 322 g/mol. The lowest BCUT2D eigenvalue weighted by molar-refractivity contribution is 0.320. The Hall–Kier alpha value is -3.06. The van der Waals surface area contributed by atoms with Crippen LogP contribution in [0.3, 0.4) is 0 Å². The molecule has 0 bridgehead atoms. The maximum atomic E-state index is 9.40. The van der Waals surface area contributed by atoms with Gasteiger partial charge in [-0.2, -0.15) is 5.26 Å². The number of imidazole rings is 1. The minimum Gasteiger partial charge on any atom is -0.493 e. The van der Waals surface area contributed by atoms with Crippen LogP contribution in [0, 0.1) is 18.3 Å². The molecule has 0 saturated carbocycles. The molecule has 0 aliphatic carbocycles. The Morgan fingerprint density at radius 2 is 2.00 bits per heavy atom. The Kier molecular flexibility index (Phi) is 5.38. The number of aromatic nitrogens is 2. The molecule has 0 aliphatic rings. The van der Waals surface area contributed by atoms with Gasteiger partial charge < -0.3 is 9.72 Å². The number of nitrogens with zero attached hydrogens (tertiary/aromatic N) is 2. The lowest BCUT2D eigenvalue weighted by Gasteiger charge is -2.14. The van der Waals surface area contributed by atoms with Crippen LogP contribution in [-0.2, 0) is 6.42 Å². The smallest absolute Gasteiger partial charge is 0.121 e. The third-order valence-corrected chi connectivity index (χ3v) is 4.47. The van der Waals surface area contributed by atoms with Crippen LogP contribution >= 0.6 is 0 Å². The van der Waals surface area contributed by atoms with E-state index in [1.807, 2.05) is 25.1 Å². The number of hydrogen-bond donors (Lipinski definition) is 1. The number of nitrogens with one attached hydrogen (secondary N) is 1. The molecule has 4 nitrogen and oxygen atoms in total. The Morgan fingerprint density at radius 1 is 1.19 bits per heavy atom. The summed E-state index contributed by atoms with van der Waals surface area (Å²) < 4.78 is 5.93. The average Bonchev–Trinajstić information content (AvgIpc) is 3.06. The van der Waals surface area contributed by atoms with Gasteiger partial charge in [0.15, 0.2) is 0 Å². The number of benzene rings is 2. The molecule has 0 atom stereocenters. The SMILES string of the molecule is Cc1[nH]cnc1CCOc1cc(C#N)cc(-c2ccccc2C(C)C)c1. The second-order valence-electron chi connectivity index (χ2n) is 6.67. The van der Waals surface area contributed by atoms with E-state index in [-0.39, 0.29) is 0 Å². The standard InChI is InChI=1S/C22H23N3O/c1-15(2)20-6-4-5-7-21(20)18-10-17(13-23)11-19(12-18)26-9-8-22-16(3)24-14-25-22/h4-7,10-12,14-15H,8-9H2,1-3H3,(H,24,25). The lowest BCUT2D eigenvalue weighted by Crippen LogP contribution is -2.03. The van der Waals surface area contributed by atoms with E-state index in [9.17, 15) is 5.26 Å². The molecule has 0 radical (unpaired) electrons. The molecule has 3 rings (SSSR count). The van der Waals surface area contributed by atoms with Gasteiger partial charge in [0.2, 0.25) is 0 Å². The van der Waals surface area contributed by atoms with Crippen molar-refractivity contribution >= 4 is 0 Å². The van der Waals surface area contributed by atoms with E-state index in [0.29, 0.717) is 23.8 Å². The largest absolute Gasteiger partial charge is 0.493 e. The molecule has 0 spiro atoms. The van der Waals surface area contributed by atoms with Crippen molar-refractivity contribution in [1.82, 2.24) is 9.97 Å². The highest BCUT2D eigenvalue weighted by Gasteiger charge is 2.11. The van der Waals surface area contributed by atoms with Crippen LogP contribution in [-0.4, -0.2) is 16.6 Å². The minimum absolute atomic E-state index is 0.406. The molecule has 0 aliphatic heterocycles. The van der Waals surface area contributed by atoms with Gasteiger partial charge in [-0.05, 0) is 47.7 Å². The zero-order chi connectivity index (χ0) is 18.5. The summed E-state index contributed by atoms with van der Waals surface area (Å²) in [5, 5.41) is 9.40. The summed E-state index contributed by atoms with van der Waals surface area (Å²) in [6.07, 6.45) is 2.42. The van der Waals surface area contributed by atoms with Gasteiger partial charge in [0, 0.05) is 12.1 Å². The lowest BCUT2D eigenvalue weighted by atomic mass is 9.92. The molecule has 0 amide bonds. The van der Waals surface area contributed by atoms with Crippen molar-refractivity contribution in [3.05, 3.63) is 71.3 Å². The number of nitriles is 1. The first-order valence-electron chi connectivity index (χ1n) is 8.84. The molecule has 0 unspecified atom stereocenters. The fraction of sp³-hybridized carbons (Fsp3) is 0.273. The second kappa shape index (κ2) is 7.88. The van der Waals surface area contributed by atoms with Crippen LogP contribution in [0.4, 0.5) is 0 Å². The summed E-state index contributed by atoms with van der Waals surface area (Å²) in [6, 6.07) is 16.3. The third-order valence-electron chi connectivity index (χ3n) is 4.47. The van der Waals surface area contributed by atoms with Crippen molar-refractivity contribution < 1.29 is 4.74 Å². The van der Waals surface area contributed by atoms with Crippen molar-refractivity contribution in [2.45, 2.75) is 33.1 Å². The quantitative estimate of drug-likeness (QED) is 0.684. The minimum atomic E-state index is 0.406. The Bertz CT molecular complexity index is 935. The molecule has 132 valence electrons. The Labute approximate surface area is 154 Å². The molecule has 2 aromatic carbocycles. The first-order chi connectivity index (χ1) is 12.6. The van der Waals surface area contributed by atoms with Crippen LogP contribution in [0.5, 0.6) is 5.75 Å². The fourth-order valence-electron chi connectivity index (χ4n) is 3.07. The predicted molar refractivity (Wildman–Crippen MR) is 103 cm³/mol. The van der Waals surface area contributed by atoms with Crippen LogP contribution in [0.15, 0.2) is 48.8 Å². The summed E-state index contributed by atoms with van der Waals surface area (Å²) in [4.78, 5) is 7.36. The predicted octanol–water partition coefficient (Wildman–Crippen LogP) is 5.00. The van der Waals surface area contributed by atoms with Crippen molar-refractivity contribution in [2.75, 3.05) is 6.61 Å². The highest BCUT2D eigenvalue weighted by molar-refractivity contribution is 5.71. The van der Waals surface area contributed by atoms with E-state index in [4.69, 9.17) is 4.74 Å². The molecule has 4 heteroatoms. The maximum Gasteiger partial charge on any atom is 0.121 e. The molecule has 3 aromatic rings. The molecule has 0 fully saturated rings. The fourth-order valence-corrected chi connectivity index (χ4v) is 3.07. The van der Waals surface area contributed by atoms with Gasteiger partial charge in [-0.3, -0.25) is 0 Å². The van der Waals surface area contributed by atoms with Crippen molar-refractivity contribution in [3.8, 4) is 22.9 Å². The highest BCUT2D eigenvalue weighted by atomic mass is 16.5. The third kappa shape index (κ3) is 3.94. The van der Waals surface area contributed by atoms with Gasteiger partial charge in [0.1, 0.15) is 5.75 Å². The van der Waals surface area contributed by atoms with Crippen LogP contribution in [0.25, 0.3) is 11.1 Å². The van der Waals surface area contributed by atoms with Crippen molar-refractivity contribution in [2.24, 2.45) is 0 Å². The zero-order valence-electron chi connectivity index (χ0n) is 15.4. The second-order valence-corrected chi connectivity index (χ2v) is 6.67. The Morgan fingerprint density at radius 3 is 2.69 bits per heavy atom. The monoisotopic (exact) mass is 345 g/mol. The van der Waals surface area contributed by atoms with Gasteiger partial charge >= 0.3 is 0 Å². The molecule has 0 saturated heterocycles. The number of aryl methyl sites for hydroxylation is 1. The van der Waals surface area contributed by atoms with Gasteiger partial charge in [-0.15, -0.1) is 0 Å². The first-order valence-corrected chi connectivity index (χ1v) is 8.84. The normalized spacial score (nSPS) is 10.7. The topological polar surface area (TPSA) is 61.7 Å². The molecular formula is C22H23N3O. The maximum absolute atomic E-state index is 9.40. The molecule has 1 N–H and O–H groups in total. The van der Waals surface area contributed by atoms with E-state index in [0.717, 1.165) is 28.9 Å². The average molecular weight is 345 g/mol. The van der Waals surface area contributed by atoms with E-state index >= 15 is 0 Å². The number of rotatable bonds is 6. The zero-order valence-corrected chi connectivity index (χ0v) is 15.4. The van der Waals surface area contributed by atoms with E-state index < -0.39 is 0 Å². The summed E-state index contributed by atoms with van der Waals surface area (Å²) in [5.41, 5.74) is 6.09. The van der Waals surface area contributed by atoms with E-state index in [1.54, 1.807) is 12.4 Å². The van der Waals surface area contributed by atoms with Crippen LogP contribution < -0.4 is 4.74 Å². The summed E-state index contributed by atoms with van der Waals surface area (Å²) >= 11 is 0. The molecule has 1 heterocycles. The van der Waals surface area contributed by atoms with E-state index in [1.165, 1.54) is 5.56 Å². The summed E-state index contributed by atoms with van der Waals surface area (Å²) in [6.45, 7) is 6.87. The number of aromatic amines is 1. The van der Waals surface area contributed by atoms with E-state index in [2.05, 4.69) is 48.1 Å². The molecule has 26 heavy (non-hydrogen) atoms. The van der Waals surface area contributed by atoms with Gasteiger partial charge in [-0.25, -0.2) is 4.98 Å². The van der Waals surface area contributed by atoms with Crippen molar-refractivity contribution in [1.29, 1.82) is 5.26 Å². The summed E-state index contributed by atoms with van der Waals surface area (Å²) in [7, 11) is 0. The van der Waals surface area contributed by atoms with Gasteiger partial charge in [0.05, 0.1) is 30.3 Å². The number of hydrogen-bond acceptors (Lipinski definition) is 3. The highest BCUT2D eigenvalue weighted by Crippen LogP contribution is 2.32. The van der Waals surface area contributed by atoms with Crippen molar-refractivity contribution in [3.63, 3.8) is 0 Å². The molecule has 1 aromatic heterocycles. The first kappa shape index (κ1) is 17.8. The summed E-state index contributed by atoms with van der Waals surface area (Å²) in [5.74, 6) is 1.12. The van der Waals surface area contributed by atoms with Gasteiger partial charge in [-0.1, -0.05) is 38.1 Å². The Balaban J connectivity index is 1.85. The number of ether oxygens (including phenoxy) is 1. The van der Waals surface area contributed by atoms with Gasteiger partial charge in [0.25, 0.3) is 0 Å². The van der Waals surface area contributed by atoms with Crippen LogP contribution in [0.2, 0.25) is 0 Å². The number of H-pyrrole nitrogens is 1.